The Hall–Kier alpha value is -3.28. The van der Waals surface area contributed by atoms with Gasteiger partial charge in [-0.1, -0.05) is 52.2 Å². The van der Waals surface area contributed by atoms with Gasteiger partial charge in [0.15, 0.2) is 11.5 Å². The molecule has 6 nitrogen and oxygen atoms in total. The third-order valence-corrected chi connectivity index (χ3v) is 12.0. The lowest BCUT2D eigenvalue weighted by atomic mass is 9.67. The summed E-state index contributed by atoms with van der Waals surface area (Å²) in [7, 11) is 1.68. The molecule has 6 unspecified atom stereocenters. The number of hydrogen-bond donors (Lipinski definition) is 0. The van der Waals surface area contributed by atoms with E-state index in [1.807, 2.05) is 36.4 Å². The number of benzene rings is 2. The molecule has 0 radical (unpaired) electrons. The van der Waals surface area contributed by atoms with E-state index >= 15 is 0 Å². The number of likely N-dealkylation sites (tertiary alicyclic amines) is 1. The van der Waals surface area contributed by atoms with Gasteiger partial charge in [-0.15, -0.1) is 0 Å². The predicted octanol–water partition coefficient (Wildman–Crippen LogP) is 8.76. The standard InChI is InChI=1S/C41H55FN2O4/c1-6-11-31(12-7-2)44(32-15-17-37(42)28(4)21-32)33(26-45)25-43-24-29(35-16-18-38-36(19-20-47-38)34(35)8-3)22-41(43)23-30(41)27-48-40-14-10-9-13-39(40)46-5/h9-10,13-15,17-18,21,29-31,34-36H,6-8,11-12,16,19-20,22-25,27H2,1-5H3. The van der Waals surface area contributed by atoms with Crippen molar-refractivity contribution in [2.45, 2.75) is 97.1 Å². The normalized spacial score (nSPS) is 27.7. The molecular weight excluding hydrogens is 603 g/mol. The number of nitrogens with zero attached hydrogens (tertiary/aromatic N) is 2. The molecule has 2 aliphatic carbocycles. The van der Waals surface area contributed by atoms with Crippen molar-refractivity contribution >= 4 is 11.6 Å². The van der Waals surface area contributed by atoms with Crippen molar-refractivity contribution in [2.75, 3.05) is 38.3 Å². The monoisotopic (exact) mass is 658 g/mol. The van der Waals surface area contributed by atoms with Gasteiger partial charge >= 0.3 is 0 Å². The Morgan fingerprint density at radius 3 is 2.58 bits per heavy atom. The molecule has 7 heteroatoms. The van der Waals surface area contributed by atoms with Crippen molar-refractivity contribution < 1.29 is 23.4 Å². The second-order valence-electron chi connectivity index (χ2n) is 14.7. The summed E-state index contributed by atoms with van der Waals surface area (Å²) in [6.45, 7) is 11.5. The molecule has 6 atom stereocenters. The minimum absolute atomic E-state index is 0.0291. The van der Waals surface area contributed by atoms with Crippen LogP contribution >= 0.6 is 0 Å². The molecule has 2 aliphatic heterocycles. The Morgan fingerprint density at radius 1 is 1.12 bits per heavy atom. The van der Waals surface area contributed by atoms with Crippen LogP contribution in [0, 0.1) is 42.3 Å². The first-order chi connectivity index (χ1) is 23.4. The summed E-state index contributed by atoms with van der Waals surface area (Å²) in [6.07, 6.45) is 11.8. The summed E-state index contributed by atoms with van der Waals surface area (Å²) in [5, 5.41) is 0. The van der Waals surface area contributed by atoms with E-state index in [-0.39, 0.29) is 17.4 Å². The predicted molar refractivity (Wildman–Crippen MR) is 189 cm³/mol. The van der Waals surface area contributed by atoms with Crippen molar-refractivity contribution in [1.82, 2.24) is 4.90 Å². The molecule has 2 aromatic carbocycles. The molecular formula is C41H55FN2O4. The second kappa shape index (κ2) is 15.1. The highest BCUT2D eigenvalue weighted by molar-refractivity contribution is 5.66. The van der Waals surface area contributed by atoms with Crippen LogP contribution in [0.25, 0.3) is 0 Å². The summed E-state index contributed by atoms with van der Waals surface area (Å²) in [5.41, 5.74) is 2.10. The quantitative estimate of drug-likeness (QED) is 0.178. The Kier molecular flexibility index (Phi) is 10.9. The molecule has 3 fully saturated rings. The summed E-state index contributed by atoms with van der Waals surface area (Å²) >= 11 is 0. The summed E-state index contributed by atoms with van der Waals surface area (Å²) < 4.78 is 32.5. The molecule has 48 heavy (non-hydrogen) atoms. The fourth-order valence-electron chi connectivity index (χ4n) is 9.59. The van der Waals surface area contributed by atoms with E-state index in [2.05, 4.69) is 42.6 Å². The lowest BCUT2D eigenvalue weighted by Crippen LogP contribution is -2.43. The van der Waals surface area contributed by atoms with Gasteiger partial charge in [-0.25, -0.2) is 9.18 Å². The maximum atomic E-state index is 14.5. The summed E-state index contributed by atoms with van der Waals surface area (Å²) in [5.74, 6) is 7.60. The average molecular weight is 659 g/mol. The first-order valence-corrected chi connectivity index (χ1v) is 18.5. The molecule has 6 rings (SSSR count). The van der Waals surface area contributed by atoms with E-state index in [9.17, 15) is 9.18 Å². The minimum atomic E-state index is -0.224. The number of carbonyl (C=O) groups excluding carboxylic acids is 1. The van der Waals surface area contributed by atoms with Crippen LogP contribution in [0.1, 0.15) is 84.1 Å². The Bertz CT molecular complexity index is 1500. The lowest BCUT2D eigenvalue weighted by molar-refractivity contribution is 0.146. The molecule has 2 aromatic rings. The zero-order chi connectivity index (χ0) is 33.8. The second-order valence-corrected chi connectivity index (χ2v) is 14.7. The zero-order valence-electron chi connectivity index (χ0n) is 29.7. The molecule has 2 heterocycles. The molecule has 0 aromatic heterocycles. The highest BCUT2D eigenvalue weighted by atomic mass is 19.1. The number of anilines is 1. The van der Waals surface area contributed by atoms with Crippen molar-refractivity contribution in [1.29, 1.82) is 0 Å². The van der Waals surface area contributed by atoms with Crippen LogP contribution in [0.3, 0.4) is 0 Å². The van der Waals surface area contributed by atoms with E-state index in [0.29, 0.717) is 54.0 Å². The van der Waals surface area contributed by atoms with Crippen molar-refractivity contribution in [3.05, 3.63) is 71.4 Å². The van der Waals surface area contributed by atoms with Crippen molar-refractivity contribution in [3.63, 3.8) is 0 Å². The first-order valence-electron chi connectivity index (χ1n) is 18.5. The summed E-state index contributed by atoms with van der Waals surface area (Å²) in [4.78, 5) is 17.9. The van der Waals surface area contributed by atoms with Crippen LogP contribution in [0.4, 0.5) is 10.1 Å². The molecule has 1 saturated carbocycles. The molecule has 1 spiro atoms. The third kappa shape index (κ3) is 6.78. The third-order valence-electron chi connectivity index (χ3n) is 12.0. The first kappa shape index (κ1) is 34.6. The molecule has 0 N–H and O–H groups in total. The highest BCUT2D eigenvalue weighted by Crippen LogP contribution is 2.60. The largest absolute Gasteiger partial charge is 0.498 e. The average Bonchev–Trinajstić information content (AvgIpc) is 3.38. The number of aryl methyl sites for hydroxylation is 1. The molecule has 0 amide bonds. The number of ether oxygens (including phenoxy) is 3. The van der Waals surface area contributed by atoms with Crippen molar-refractivity contribution in [3.8, 4) is 11.5 Å². The molecule has 0 bridgehead atoms. The van der Waals surface area contributed by atoms with Crippen LogP contribution < -0.4 is 14.4 Å². The van der Waals surface area contributed by atoms with Crippen LogP contribution in [0.2, 0.25) is 0 Å². The smallest absolute Gasteiger partial charge is 0.161 e. The van der Waals surface area contributed by atoms with Gasteiger partial charge in [0.2, 0.25) is 0 Å². The van der Waals surface area contributed by atoms with E-state index < -0.39 is 0 Å². The van der Waals surface area contributed by atoms with Gasteiger partial charge in [-0.3, -0.25) is 4.90 Å². The van der Waals surface area contributed by atoms with Gasteiger partial charge in [0.05, 0.1) is 32.6 Å². The molecule has 4 aliphatic rings. The van der Waals surface area contributed by atoms with Gasteiger partial charge < -0.3 is 19.1 Å². The van der Waals surface area contributed by atoms with Gasteiger partial charge in [-0.05, 0) is 105 Å². The Balaban J connectivity index is 1.30. The fraction of sp³-hybridized carbons (Fsp3) is 0.610. The van der Waals surface area contributed by atoms with Crippen LogP contribution in [0.15, 0.2) is 60.0 Å². The number of halogens is 1. The number of hydrogen-bond acceptors (Lipinski definition) is 6. The maximum Gasteiger partial charge on any atom is 0.161 e. The lowest BCUT2D eigenvalue weighted by Gasteiger charge is -2.38. The van der Waals surface area contributed by atoms with Gasteiger partial charge in [0.1, 0.15) is 17.5 Å². The Labute approximate surface area is 287 Å². The van der Waals surface area contributed by atoms with E-state index in [1.54, 1.807) is 14.0 Å². The zero-order valence-corrected chi connectivity index (χ0v) is 29.7. The number of allylic oxidation sites excluding steroid dienone is 2. The van der Waals surface area contributed by atoms with Crippen molar-refractivity contribution in [2.24, 2.45) is 29.6 Å². The molecule has 2 saturated heterocycles. The minimum Gasteiger partial charge on any atom is -0.498 e. The topological polar surface area (TPSA) is 51.2 Å². The van der Waals surface area contributed by atoms with Gasteiger partial charge in [0, 0.05) is 35.6 Å². The number of fused-ring (bicyclic) bond motifs is 1. The van der Waals surface area contributed by atoms with E-state index in [4.69, 9.17) is 14.2 Å². The Morgan fingerprint density at radius 2 is 1.90 bits per heavy atom. The fourth-order valence-corrected chi connectivity index (χ4v) is 9.59. The molecule has 260 valence electrons. The van der Waals surface area contributed by atoms with Crippen LogP contribution in [-0.2, 0) is 9.53 Å². The highest BCUT2D eigenvalue weighted by Gasteiger charge is 2.64. The number of para-hydroxylation sites is 2. The van der Waals surface area contributed by atoms with Gasteiger partial charge in [-0.2, -0.15) is 0 Å². The van der Waals surface area contributed by atoms with Crippen LogP contribution in [0.5, 0.6) is 11.5 Å². The van der Waals surface area contributed by atoms with Crippen LogP contribution in [-0.4, -0.2) is 55.8 Å². The van der Waals surface area contributed by atoms with E-state index in [1.165, 1.54) is 11.8 Å². The number of rotatable bonds is 15. The summed E-state index contributed by atoms with van der Waals surface area (Å²) in [6, 6.07) is 13.3. The van der Waals surface area contributed by atoms with Gasteiger partial charge in [0.25, 0.3) is 0 Å². The van der Waals surface area contributed by atoms with E-state index in [0.717, 1.165) is 88.1 Å². The SMILES string of the molecule is CCCC(CCC)N(C(=C=O)CN1CC(C2CC=C3OCCC3C2CC)CC12CC2COc1ccccc1OC)c1ccc(F)c(C)c1. The number of methoxy groups -OCH3 is 1. The maximum absolute atomic E-state index is 14.5.